The van der Waals surface area contributed by atoms with E-state index in [0.717, 1.165) is 6.07 Å². The molecule has 8 heteroatoms. The largest absolute Gasteiger partial charge is 0.419 e. The average molecular weight is 302 g/mol. The van der Waals surface area contributed by atoms with Crippen LogP contribution in [0.4, 0.5) is 17.6 Å². The maximum absolute atomic E-state index is 14.1. The van der Waals surface area contributed by atoms with Crippen molar-refractivity contribution in [1.29, 1.82) is 0 Å². The van der Waals surface area contributed by atoms with Crippen molar-refractivity contribution in [2.24, 2.45) is 7.05 Å². The second kappa shape index (κ2) is 5.80. The van der Waals surface area contributed by atoms with Crippen molar-refractivity contribution in [2.45, 2.75) is 18.6 Å². The molecule has 21 heavy (non-hydrogen) atoms. The lowest BCUT2D eigenvalue weighted by atomic mass is 9.99. The molecule has 1 aromatic heterocycles. The van der Waals surface area contributed by atoms with Crippen molar-refractivity contribution in [2.75, 3.05) is 7.05 Å². The van der Waals surface area contributed by atoms with Gasteiger partial charge in [-0.25, -0.2) is 4.39 Å². The number of aromatic nitrogens is 3. The number of likely N-dealkylation sites (N-methyl/N-ethyl adjacent to an activating group) is 1. The predicted molar refractivity (Wildman–Crippen MR) is 67.9 cm³/mol. The Balaban J connectivity index is 2.34. The normalized spacial score (nSPS) is 13.4. The number of nitrogens with zero attached hydrogens (tertiary/aromatic N) is 3. The van der Waals surface area contributed by atoms with Gasteiger partial charge in [-0.3, -0.25) is 4.68 Å². The zero-order valence-corrected chi connectivity index (χ0v) is 11.4. The van der Waals surface area contributed by atoms with Crippen LogP contribution in [0.2, 0.25) is 0 Å². The molecule has 0 aliphatic carbocycles. The summed E-state index contributed by atoms with van der Waals surface area (Å²) >= 11 is 0. The maximum atomic E-state index is 14.1. The Morgan fingerprint density at radius 3 is 2.57 bits per heavy atom. The van der Waals surface area contributed by atoms with Gasteiger partial charge in [0.15, 0.2) is 0 Å². The molecule has 1 heterocycles. The van der Waals surface area contributed by atoms with Gasteiger partial charge >= 0.3 is 6.18 Å². The maximum Gasteiger partial charge on any atom is 0.419 e. The zero-order valence-electron chi connectivity index (χ0n) is 11.4. The van der Waals surface area contributed by atoms with E-state index in [-0.39, 0.29) is 12.0 Å². The highest BCUT2D eigenvalue weighted by Gasteiger charge is 2.35. The molecule has 1 aromatic carbocycles. The molecular weight excluding hydrogens is 288 g/mol. The van der Waals surface area contributed by atoms with Crippen molar-refractivity contribution in [3.8, 4) is 0 Å². The van der Waals surface area contributed by atoms with E-state index in [1.165, 1.54) is 16.8 Å². The Morgan fingerprint density at radius 1 is 1.33 bits per heavy atom. The molecular formula is C13H14F4N4. The smallest absolute Gasteiger partial charge is 0.313 e. The molecule has 1 atom stereocenters. The van der Waals surface area contributed by atoms with Crippen molar-refractivity contribution in [3.05, 3.63) is 47.0 Å². The third-order valence-electron chi connectivity index (χ3n) is 3.12. The van der Waals surface area contributed by atoms with Crippen molar-refractivity contribution in [3.63, 3.8) is 0 Å². The minimum Gasteiger partial charge on any atom is -0.313 e. The minimum absolute atomic E-state index is 0.0435. The number of benzene rings is 1. The Bertz CT molecular complexity index is 621. The molecule has 1 N–H and O–H groups in total. The van der Waals surface area contributed by atoms with Crippen LogP contribution < -0.4 is 5.32 Å². The molecule has 0 spiro atoms. The number of alkyl halides is 3. The van der Waals surface area contributed by atoms with Crippen LogP contribution in [0.5, 0.6) is 0 Å². The lowest BCUT2D eigenvalue weighted by Crippen LogP contribution is -2.22. The summed E-state index contributed by atoms with van der Waals surface area (Å²) in [6, 6.07) is 2.64. The highest BCUT2D eigenvalue weighted by atomic mass is 19.4. The SMILES string of the molecule is CNC(Cc1cn(C)nn1)c1cccc(C(F)(F)F)c1F. The first-order chi connectivity index (χ1) is 9.82. The van der Waals surface area contributed by atoms with Gasteiger partial charge in [-0.05, 0) is 13.1 Å². The van der Waals surface area contributed by atoms with Gasteiger partial charge in [0, 0.05) is 31.3 Å². The van der Waals surface area contributed by atoms with Crippen LogP contribution in [0.1, 0.15) is 22.9 Å². The molecule has 2 aromatic rings. The van der Waals surface area contributed by atoms with Crippen molar-refractivity contribution >= 4 is 0 Å². The molecule has 4 nitrogen and oxygen atoms in total. The van der Waals surface area contributed by atoms with Gasteiger partial charge < -0.3 is 5.32 Å². The summed E-state index contributed by atoms with van der Waals surface area (Å²) in [4.78, 5) is 0. The van der Waals surface area contributed by atoms with Crippen LogP contribution in [0.25, 0.3) is 0 Å². The summed E-state index contributed by atoms with van der Waals surface area (Å²) in [5.41, 5.74) is -0.744. The Hall–Kier alpha value is -1.96. The lowest BCUT2D eigenvalue weighted by molar-refractivity contribution is -0.140. The molecule has 2 rings (SSSR count). The van der Waals surface area contributed by atoms with Crippen LogP contribution in [-0.4, -0.2) is 22.0 Å². The van der Waals surface area contributed by atoms with Crippen molar-refractivity contribution in [1.82, 2.24) is 20.3 Å². The highest BCUT2D eigenvalue weighted by molar-refractivity contribution is 5.31. The number of halogens is 4. The fourth-order valence-corrected chi connectivity index (χ4v) is 2.10. The van der Waals surface area contributed by atoms with E-state index in [1.54, 1.807) is 20.3 Å². The predicted octanol–water partition coefficient (Wildman–Crippen LogP) is 2.48. The second-order valence-electron chi connectivity index (χ2n) is 4.64. The van der Waals surface area contributed by atoms with Gasteiger partial charge in [0.1, 0.15) is 5.82 Å². The summed E-state index contributed by atoms with van der Waals surface area (Å²) in [5, 5.41) is 10.4. The summed E-state index contributed by atoms with van der Waals surface area (Å²) in [7, 11) is 3.23. The molecule has 0 aliphatic heterocycles. The fraction of sp³-hybridized carbons (Fsp3) is 0.385. The molecule has 0 fully saturated rings. The monoisotopic (exact) mass is 302 g/mol. The van der Waals surface area contributed by atoms with E-state index in [0.29, 0.717) is 5.69 Å². The standard InChI is InChI=1S/C13H14F4N4/c1-18-11(6-8-7-21(2)20-19-8)9-4-3-5-10(12(9)14)13(15,16)17/h3-5,7,11,18H,6H2,1-2H3. The number of rotatable bonds is 4. The first-order valence-electron chi connectivity index (χ1n) is 6.21. The van der Waals surface area contributed by atoms with Gasteiger partial charge in [-0.2, -0.15) is 13.2 Å². The number of aryl methyl sites for hydroxylation is 1. The molecule has 0 saturated heterocycles. The zero-order chi connectivity index (χ0) is 15.6. The highest BCUT2D eigenvalue weighted by Crippen LogP contribution is 2.34. The van der Waals surface area contributed by atoms with E-state index in [9.17, 15) is 17.6 Å². The van der Waals surface area contributed by atoms with Gasteiger partial charge in [0.25, 0.3) is 0 Å². The van der Waals surface area contributed by atoms with E-state index in [4.69, 9.17) is 0 Å². The summed E-state index contributed by atoms with van der Waals surface area (Å²) in [6.45, 7) is 0. The van der Waals surface area contributed by atoms with Crippen LogP contribution in [0.15, 0.2) is 24.4 Å². The van der Waals surface area contributed by atoms with Crippen LogP contribution in [0.3, 0.4) is 0 Å². The Labute approximate surface area is 118 Å². The first-order valence-corrected chi connectivity index (χ1v) is 6.21. The van der Waals surface area contributed by atoms with E-state index < -0.39 is 23.6 Å². The molecule has 1 unspecified atom stereocenters. The summed E-state index contributed by atoms with van der Waals surface area (Å²) < 4.78 is 53.8. The average Bonchev–Trinajstić information content (AvgIpc) is 2.81. The summed E-state index contributed by atoms with van der Waals surface area (Å²) in [5.74, 6) is -1.26. The number of hydrogen-bond acceptors (Lipinski definition) is 3. The Morgan fingerprint density at radius 2 is 2.05 bits per heavy atom. The van der Waals surface area contributed by atoms with Gasteiger partial charge in [-0.15, -0.1) is 5.10 Å². The third-order valence-corrected chi connectivity index (χ3v) is 3.12. The van der Waals surface area contributed by atoms with E-state index in [1.807, 2.05) is 0 Å². The van der Waals surface area contributed by atoms with Gasteiger partial charge in [-0.1, -0.05) is 17.3 Å². The minimum atomic E-state index is -4.72. The third kappa shape index (κ3) is 3.38. The van der Waals surface area contributed by atoms with Gasteiger partial charge in [0.2, 0.25) is 0 Å². The number of hydrogen-bond donors (Lipinski definition) is 1. The summed E-state index contributed by atoms with van der Waals surface area (Å²) in [6.07, 6.45) is -2.84. The lowest BCUT2D eigenvalue weighted by Gasteiger charge is -2.18. The number of nitrogens with one attached hydrogen (secondary N) is 1. The quantitative estimate of drug-likeness (QED) is 0.882. The van der Waals surface area contributed by atoms with Crippen molar-refractivity contribution < 1.29 is 17.6 Å². The van der Waals surface area contributed by atoms with Crippen LogP contribution >= 0.6 is 0 Å². The van der Waals surface area contributed by atoms with E-state index >= 15 is 0 Å². The molecule has 0 amide bonds. The van der Waals surface area contributed by atoms with Gasteiger partial charge in [0.05, 0.1) is 11.3 Å². The topological polar surface area (TPSA) is 42.7 Å². The molecule has 0 radical (unpaired) electrons. The van der Waals surface area contributed by atoms with Crippen LogP contribution in [-0.2, 0) is 19.6 Å². The Kier molecular flexibility index (Phi) is 4.26. The van der Waals surface area contributed by atoms with E-state index in [2.05, 4.69) is 15.6 Å². The van der Waals surface area contributed by atoms with Crippen LogP contribution in [0, 0.1) is 5.82 Å². The molecule has 0 aliphatic rings. The fourth-order valence-electron chi connectivity index (χ4n) is 2.10. The molecule has 114 valence electrons. The first kappa shape index (κ1) is 15.4. The second-order valence-corrected chi connectivity index (χ2v) is 4.64. The molecule has 0 saturated carbocycles. The molecule has 0 bridgehead atoms.